The molecule has 166 valence electrons. The normalized spacial score (nSPS) is 19.3. The molecule has 2 heterocycles. The van der Waals surface area contributed by atoms with Crippen molar-refractivity contribution in [3.63, 3.8) is 0 Å². The zero-order valence-corrected chi connectivity index (χ0v) is 17.9. The number of rotatable bonds is 7. The summed E-state index contributed by atoms with van der Waals surface area (Å²) in [5, 5.41) is 2.69. The fourth-order valence-electron chi connectivity index (χ4n) is 3.79. The van der Waals surface area contributed by atoms with Gasteiger partial charge in [0, 0.05) is 11.5 Å². The Morgan fingerprint density at radius 2 is 2.00 bits per heavy atom. The number of carbonyl (C=O) groups excluding carboxylic acids is 1. The molecule has 32 heavy (non-hydrogen) atoms. The Balaban J connectivity index is 1.57. The minimum atomic E-state index is -0.729. The smallest absolute Gasteiger partial charge is 0.229 e. The first-order chi connectivity index (χ1) is 15.3. The lowest BCUT2D eigenvalue weighted by Gasteiger charge is -2.20. The van der Waals surface area contributed by atoms with E-state index >= 15 is 0 Å². The summed E-state index contributed by atoms with van der Waals surface area (Å²) < 4.78 is 38.5. The van der Waals surface area contributed by atoms with Crippen LogP contribution in [0, 0.1) is 31.4 Å². The minimum Gasteiger partial charge on any atom is -0.493 e. The standard InChI is InChI=1S/C23H22F2N4O3/c1-13-20(11-26-14(2)28-13)32-12-23(15-5-4-6-16(24)7-15)9-17(23)22(30)29-21-8-19(31-3)18(25)10-27-21/h4-8,10-11,17H,9,12H2,1-3H3,(H,27,29,30)/t17-,23+/m0/s1/i3-1. The molecule has 4 rings (SSSR count). The lowest BCUT2D eigenvalue weighted by atomic mass is 9.93. The Morgan fingerprint density at radius 3 is 2.72 bits per heavy atom. The maximum Gasteiger partial charge on any atom is 0.229 e. The number of amides is 1. The van der Waals surface area contributed by atoms with Gasteiger partial charge in [-0.2, -0.15) is 0 Å². The monoisotopic (exact) mass is 439 g/mol. The number of aryl methyl sites for hydroxylation is 2. The molecule has 0 radical (unpaired) electrons. The van der Waals surface area contributed by atoms with Crippen LogP contribution in [-0.4, -0.2) is 34.6 Å². The quantitative estimate of drug-likeness (QED) is 0.604. The third-order valence-corrected chi connectivity index (χ3v) is 5.62. The van der Waals surface area contributed by atoms with E-state index in [2.05, 4.69) is 20.3 Å². The number of anilines is 1. The highest BCUT2D eigenvalue weighted by atomic mass is 19.1. The van der Waals surface area contributed by atoms with Crippen LogP contribution < -0.4 is 14.8 Å². The number of halogens is 2. The summed E-state index contributed by atoms with van der Waals surface area (Å²) in [5.41, 5.74) is 0.609. The summed E-state index contributed by atoms with van der Waals surface area (Å²) >= 11 is 0. The van der Waals surface area contributed by atoms with E-state index in [0.29, 0.717) is 29.3 Å². The average molecular weight is 439 g/mol. The van der Waals surface area contributed by atoms with Crippen molar-refractivity contribution in [2.45, 2.75) is 25.7 Å². The van der Waals surface area contributed by atoms with Crippen molar-refractivity contribution in [1.29, 1.82) is 0 Å². The Bertz CT molecular complexity index is 1170. The molecule has 1 aromatic carbocycles. The molecule has 0 spiro atoms. The van der Waals surface area contributed by atoms with E-state index in [1.807, 2.05) is 6.92 Å². The highest BCUT2D eigenvalue weighted by Gasteiger charge is 2.60. The highest BCUT2D eigenvalue weighted by Crippen LogP contribution is 2.55. The first-order valence-corrected chi connectivity index (χ1v) is 10.0. The van der Waals surface area contributed by atoms with E-state index in [9.17, 15) is 13.6 Å². The molecule has 1 N–H and O–H groups in total. The SMILES string of the molecule is Cc1ncc(OC[C@@]2(c3cccc(F)c3)C[C@H]2C(=O)Nc2cc(O[11CH3])c(F)cn2)c(C)n1. The van der Waals surface area contributed by atoms with Crippen molar-refractivity contribution >= 4 is 11.7 Å². The summed E-state index contributed by atoms with van der Waals surface area (Å²) in [6, 6.07) is 7.45. The van der Waals surface area contributed by atoms with Crippen LogP contribution in [-0.2, 0) is 10.2 Å². The lowest BCUT2D eigenvalue weighted by Crippen LogP contribution is -2.27. The number of methoxy groups -OCH3 is 1. The molecule has 7 nitrogen and oxygen atoms in total. The number of pyridine rings is 1. The topological polar surface area (TPSA) is 86.2 Å². The predicted molar refractivity (Wildman–Crippen MR) is 113 cm³/mol. The molecule has 9 heteroatoms. The molecule has 0 bridgehead atoms. The van der Waals surface area contributed by atoms with E-state index < -0.39 is 23.0 Å². The number of hydrogen-bond acceptors (Lipinski definition) is 6. The Kier molecular flexibility index (Phi) is 5.73. The van der Waals surface area contributed by atoms with Gasteiger partial charge in [-0.25, -0.2) is 23.7 Å². The molecular weight excluding hydrogens is 417 g/mol. The largest absolute Gasteiger partial charge is 0.493 e. The number of benzene rings is 1. The van der Waals surface area contributed by atoms with Crippen LogP contribution in [0.2, 0.25) is 0 Å². The van der Waals surface area contributed by atoms with Gasteiger partial charge < -0.3 is 14.8 Å². The van der Waals surface area contributed by atoms with Gasteiger partial charge in [-0.15, -0.1) is 0 Å². The van der Waals surface area contributed by atoms with Gasteiger partial charge in [0.25, 0.3) is 0 Å². The summed E-state index contributed by atoms with van der Waals surface area (Å²) in [6.07, 6.45) is 3.01. The number of nitrogens with one attached hydrogen (secondary N) is 1. The maximum atomic E-state index is 14.0. The third kappa shape index (κ3) is 4.23. The number of nitrogens with zero attached hydrogens (tertiary/aromatic N) is 3. The van der Waals surface area contributed by atoms with E-state index in [1.54, 1.807) is 25.3 Å². The predicted octanol–water partition coefficient (Wildman–Crippen LogP) is 3.75. The van der Waals surface area contributed by atoms with Gasteiger partial charge in [0.15, 0.2) is 17.3 Å². The summed E-state index contributed by atoms with van der Waals surface area (Å²) in [5.74, 6) is -0.576. The first kappa shape index (κ1) is 21.6. The second-order valence-electron chi connectivity index (χ2n) is 7.77. The molecule has 1 aliphatic rings. The van der Waals surface area contributed by atoms with E-state index in [-0.39, 0.29) is 24.1 Å². The van der Waals surface area contributed by atoms with Crippen LogP contribution in [0.25, 0.3) is 0 Å². The second kappa shape index (κ2) is 8.49. The molecule has 3 aromatic rings. The lowest BCUT2D eigenvalue weighted by molar-refractivity contribution is -0.117. The van der Waals surface area contributed by atoms with Crippen LogP contribution in [0.15, 0.2) is 42.7 Å². The van der Waals surface area contributed by atoms with E-state index in [0.717, 1.165) is 6.20 Å². The third-order valence-electron chi connectivity index (χ3n) is 5.62. The van der Waals surface area contributed by atoms with Gasteiger partial charge in [-0.1, -0.05) is 12.1 Å². The van der Waals surface area contributed by atoms with Gasteiger partial charge in [0.2, 0.25) is 5.91 Å². The summed E-state index contributed by atoms with van der Waals surface area (Å²) in [4.78, 5) is 25.3. The minimum absolute atomic E-state index is 0.0272. The van der Waals surface area contributed by atoms with E-state index in [4.69, 9.17) is 9.47 Å². The Labute approximate surface area is 183 Å². The van der Waals surface area contributed by atoms with Gasteiger partial charge >= 0.3 is 0 Å². The molecule has 2 aromatic heterocycles. The molecule has 2 atom stereocenters. The maximum absolute atomic E-state index is 14.0. The molecule has 0 aliphatic heterocycles. The number of carbonyl (C=O) groups is 1. The zero-order chi connectivity index (χ0) is 22.9. The van der Waals surface area contributed by atoms with Crippen LogP contribution in [0.4, 0.5) is 14.6 Å². The van der Waals surface area contributed by atoms with Crippen LogP contribution in [0.1, 0.15) is 23.5 Å². The second-order valence-corrected chi connectivity index (χ2v) is 7.77. The summed E-state index contributed by atoms with van der Waals surface area (Å²) in [6.45, 7) is 3.73. The zero-order valence-electron chi connectivity index (χ0n) is 17.9. The average Bonchev–Trinajstić information content (AvgIpc) is 3.50. The number of ether oxygens (including phenoxy) is 2. The van der Waals surface area contributed by atoms with E-state index in [1.165, 1.54) is 25.3 Å². The molecular formula is C23H22F2N4O3. The molecule has 1 amide bonds. The van der Waals surface area contributed by atoms with Gasteiger partial charge in [-0.05, 0) is 38.0 Å². The van der Waals surface area contributed by atoms with Crippen molar-refractivity contribution in [1.82, 2.24) is 15.0 Å². The van der Waals surface area contributed by atoms with Gasteiger partial charge in [-0.3, -0.25) is 4.79 Å². The van der Waals surface area contributed by atoms with Crippen molar-refractivity contribution < 1.29 is 23.0 Å². The molecule has 1 fully saturated rings. The van der Waals surface area contributed by atoms with Crippen molar-refractivity contribution in [3.8, 4) is 11.5 Å². The van der Waals surface area contributed by atoms with Crippen molar-refractivity contribution in [3.05, 3.63) is 71.4 Å². The number of hydrogen-bond donors (Lipinski definition) is 1. The fraction of sp³-hybridized carbons (Fsp3) is 0.304. The Hall–Kier alpha value is -3.62. The number of aromatic nitrogens is 3. The van der Waals surface area contributed by atoms with Gasteiger partial charge in [0.05, 0.1) is 37.7 Å². The molecule has 1 saturated carbocycles. The first-order valence-electron chi connectivity index (χ1n) is 10.0. The van der Waals surface area contributed by atoms with Crippen LogP contribution >= 0.6 is 0 Å². The molecule has 0 unspecified atom stereocenters. The molecule has 0 saturated heterocycles. The van der Waals surface area contributed by atoms with Crippen LogP contribution in [0.3, 0.4) is 0 Å². The molecule has 1 aliphatic carbocycles. The van der Waals surface area contributed by atoms with Gasteiger partial charge in [0.1, 0.15) is 17.5 Å². The highest BCUT2D eigenvalue weighted by molar-refractivity contribution is 5.95. The fourth-order valence-corrected chi connectivity index (χ4v) is 3.79. The van der Waals surface area contributed by atoms with Crippen molar-refractivity contribution in [2.24, 2.45) is 5.92 Å². The van der Waals surface area contributed by atoms with Crippen molar-refractivity contribution in [2.75, 3.05) is 19.0 Å². The Morgan fingerprint density at radius 1 is 1.19 bits per heavy atom. The van der Waals surface area contributed by atoms with Crippen LogP contribution in [0.5, 0.6) is 11.5 Å². The summed E-state index contributed by atoms with van der Waals surface area (Å²) in [7, 11) is 1.33.